The second kappa shape index (κ2) is 3.81. The van der Waals surface area contributed by atoms with E-state index >= 15 is 0 Å². The number of pyridine rings is 1. The van der Waals surface area contributed by atoms with Gasteiger partial charge >= 0.3 is 0 Å². The SMILES string of the molecule is Brc1cccn2c3c(nc12)C1(CCOCC1)CC3. The highest BCUT2D eigenvalue weighted by Crippen LogP contribution is 2.45. The topological polar surface area (TPSA) is 26.5 Å². The van der Waals surface area contributed by atoms with E-state index in [2.05, 4.69) is 38.7 Å². The van der Waals surface area contributed by atoms with Crippen molar-refractivity contribution in [3.05, 3.63) is 34.2 Å². The van der Waals surface area contributed by atoms with Crippen LogP contribution in [0.1, 0.15) is 30.7 Å². The molecule has 3 nitrogen and oxygen atoms in total. The average molecular weight is 307 g/mol. The molecule has 0 radical (unpaired) electrons. The Labute approximate surface area is 114 Å². The largest absolute Gasteiger partial charge is 0.381 e. The van der Waals surface area contributed by atoms with Gasteiger partial charge in [0, 0.05) is 30.5 Å². The van der Waals surface area contributed by atoms with Crippen LogP contribution in [0, 0.1) is 0 Å². The molecule has 1 fully saturated rings. The molecule has 0 atom stereocenters. The van der Waals surface area contributed by atoms with Crippen LogP contribution >= 0.6 is 15.9 Å². The minimum Gasteiger partial charge on any atom is -0.381 e. The summed E-state index contributed by atoms with van der Waals surface area (Å²) in [7, 11) is 0. The van der Waals surface area contributed by atoms with E-state index in [9.17, 15) is 0 Å². The van der Waals surface area contributed by atoms with E-state index < -0.39 is 0 Å². The van der Waals surface area contributed by atoms with E-state index in [1.54, 1.807) is 0 Å². The lowest BCUT2D eigenvalue weighted by Gasteiger charge is -2.32. The molecule has 0 N–H and O–H groups in total. The lowest BCUT2D eigenvalue weighted by molar-refractivity contribution is 0.0494. The summed E-state index contributed by atoms with van der Waals surface area (Å²) in [5.41, 5.74) is 4.10. The summed E-state index contributed by atoms with van der Waals surface area (Å²) in [6.07, 6.45) is 6.77. The third-order valence-electron chi connectivity index (χ3n) is 4.49. The molecule has 2 aromatic rings. The van der Waals surface area contributed by atoms with Crippen molar-refractivity contribution in [3.8, 4) is 0 Å². The molecule has 4 heteroatoms. The van der Waals surface area contributed by atoms with Crippen molar-refractivity contribution in [1.82, 2.24) is 9.38 Å². The molecule has 1 aliphatic carbocycles. The first-order valence-electron chi connectivity index (χ1n) is 6.54. The summed E-state index contributed by atoms with van der Waals surface area (Å²) in [6.45, 7) is 1.77. The van der Waals surface area contributed by atoms with Crippen molar-refractivity contribution in [2.45, 2.75) is 31.1 Å². The summed E-state index contributed by atoms with van der Waals surface area (Å²) >= 11 is 3.60. The van der Waals surface area contributed by atoms with Gasteiger partial charge in [-0.15, -0.1) is 0 Å². The fourth-order valence-electron chi connectivity index (χ4n) is 3.47. The number of aromatic nitrogens is 2. The molecule has 0 amide bonds. The molecule has 2 aromatic heterocycles. The summed E-state index contributed by atoms with van der Waals surface area (Å²) in [6, 6.07) is 4.14. The maximum Gasteiger partial charge on any atom is 0.151 e. The number of imidazole rings is 1. The van der Waals surface area contributed by atoms with Crippen molar-refractivity contribution in [3.63, 3.8) is 0 Å². The Kier molecular flexibility index (Phi) is 2.33. The molecule has 1 saturated heterocycles. The zero-order chi connectivity index (χ0) is 12.2. The summed E-state index contributed by atoms with van der Waals surface area (Å²) in [4.78, 5) is 4.93. The van der Waals surface area contributed by atoms with Gasteiger partial charge < -0.3 is 9.14 Å². The molecular weight excluding hydrogens is 292 g/mol. The van der Waals surface area contributed by atoms with Gasteiger partial charge in [0.15, 0.2) is 5.65 Å². The monoisotopic (exact) mass is 306 g/mol. The first kappa shape index (κ1) is 11.0. The highest BCUT2D eigenvalue weighted by Gasteiger charge is 2.43. The average Bonchev–Trinajstić information content (AvgIpc) is 2.92. The van der Waals surface area contributed by atoms with Crippen LogP contribution in [0.25, 0.3) is 5.65 Å². The number of nitrogens with zero attached hydrogens (tertiary/aromatic N) is 2. The van der Waals surface area contributed by atoms with Gasteiger partial charge in [-0.1, -0.05) is 0 Å². The predicted octanol–water partition coefficient (Wildman–Crippen LogP) is 3.09. The van der Waals surface area contributed by atoms with Crippen molar-refractivity contribution in [2.24, 2.45) is 0 Å². The number of hydrogen-bond acceptors (Lipinski definition) is 2. The van der Waals surface area contributed by atoms with Crippen LogP contribution in [-0.4, -0.2) is 22.6 Å². The first-order valence-corrected chi connectivity index (χ1v) is 7.33. The highest BCUT2D eigenvalue weighted by atomic mass is 79.9. The van der Waals surface area contributed by atoms with Gasteiger partial charge in [-0.05, 0) is 53.7 Å². The van der Waals surface area contributed by atoms with Crippen molar-refractivity contribution in [2.75, 3.05) is 13.2 Å². The van der Waals surface area contributed by atoms with Crippen LogP contribution in [0.15, 0.2) is 22.8 Å². The van der Waals surface area contributed by atoms with Crippen LogP contribution < -0.4 is 0 Å². The normalized spacial score (nSPS) is 21.6. The second-order valence-corrected chi connectivity index (χ2v) is 6.20. The molecule has 0 saturated carbocycles. The smallest absolute Gasteiger partial charge is 0.151 e. The van der Waals surface area contributed by atoms with E-state index in [1.165, 1.54) is 17.8 Å². The van der Waals surface area contributed by atoms with E-state index in [0.29, 0.717) is 5.41 Å². The highest BCUT2D eigenvalue weighted by molar-refractivity contribution is 9.10. The zero-order valence-electron chi connectivity index (χ0n) is 10.2. The van der Waals surface area contributed by atoms with Gasteiger partial charge in [0.05, 0.1) is 10.2 Å². The fraction of sp³-hybridized carbons (Fsp3) is 0.500. The molecule has 0 bridgehead atoms. The van der Waals surface area contributed by atoms with Gasteiger partial charge in [0.2, 0.25) is 0 Å². The second-order valence-electron chi connectivity index (χ2n) is 5.35. The Morgan fingerprint density at radius 2 is 2.11 bits per heavy atom. The molecule has 1 spiro atoms. The number of rotatable bonds is 0. The lowest BCUT2D eigenvalue weighted by Crippen LogP contribution is -2.31. The number of aryl methyl sites for hydroxylation is 1. The number of halogens is 1. The molecule has 1 aliphatic heterocycles. The summed E-state index contributed by atoms with van der Waals surface area (Å²) in [5.74, 6) is 0. The predicted molar refractivity (Wildman–Crippen MR) is 72.9 cm³/mol. The summed E-state index contributed by atoms with van der Waals surface area (Å²) < 4.78 is 8.86. The van der Waals surface area contributed by atoms with Gasteiger partial charge in [-0.2, -0.15) is 0 Å². The van der Waals surface area contributed by atoms with Gasteiger partial charge in [0.1, 0.15) is 0 Å². The maximum atomic E-state index is 5.53. The number of fused-ring (bicyclic) bond motifs is 4. The van der Waals surface area contributed by atoms with Crippen LogP contribution in [0.2, 0.25) is 0 Å². The maximum absolute atomic E-state index is 5.53. The first-order chi connectivity index (χ1) is 8.80. The Hall–Kier alpha value is -0.870. The molecule has 0 aromatic carbocycles. The van der Waals surface area contributed by atoms with Crippen molar-refractivity contribution < 1.29 is 4.74 Å². The van der Waals surface area contributed by atoms with Crippen LogP contribution in [0.3, 0.4) is 0 Å². The molecule has 2 aliphatic rings. The molecule has 94 valence electrons. The summed E-state index contributed by atoms with van der Waals surface area (Å²) in [5, 5.41) is 0. The van der Waals surface area contributed by atoms with E-state index in [-0.39, 0.29) is 0 Å². The Balaban J connectivity index is 1.94. The minimum absolute atomic E-state index is 0.291. The van der Waals surface area contributed by atoms with Gasteiger partial charge in [0.25, 0.3) is 0 Å². The Morgan fingerprint density at radius 3 is 2.94 bits per heavy atom. The lowest BCUT2D eigenvalue weighted by atomic mass is 9.78. The standard InChI is InChI=1S/C14H15BrN2O/c15-10-2-1-7-17-11-3-4-14(5-8-18-9-6-14)12(11)16-13(10)17/h1-2,7H,3-6,8-9H2. The quantitative estimate of drug-likeness (QED) is 0.748. The molecule has 0 unspecified atom stereocenters. The van der Waals surface area contributed by atoms with Gasteiger partial charge in [-0.3, -0.25) is 0 Å². The number of hydrogen-bond donors (Lipinski definition) is 0. The molecule has 4 rings (SSSR count). The zero-order valence-corrected chi connectivity index (χ0v) is 11.7. The van der Waals surface area contributed by atoms with E-state index in [0.717, 1.165) is 42.6 Å². The van der Waals surface area contributed by atoms with Crippen LogP contribution in [0.5, 0.6) is 0 Å². The Bertz CT molecular complexity index is 614. The van der Waals surface area contributed by atoms with Crippen molar-refractivity contribution in [1.29, 1.82) is 0 Å². The van der Waals surface area contributed by atoms with Crippen LogP contribution in [0.4, 0.5) is 0 Å². The number of ether oxygens (including phenoxy) is 1. The third-order valence-corrected chi connectivity index (χ3v) is 5.11. The fourth-order valence-corrected chi connectivity index (χ4v) is 3.90. The van der Waals surface area contributed by atoms with E-state index in [4.69, 9.17) is 9.72 Å². The molecular formula is C14H15BrN2O. The minimum atomic E-state index is 0.291. The Morgan fingerprint density at radius 1 is 1.28 bits per heavy atom. The molecule has 18 heavy (non-hydrogen) atoms. The third kappa shape index (κ3) is 1.36. The van der Waals surface area contributed by atoms with Crippen molar-refractivity contribution >= 4 is 21.6 Å². The van der Waals surface area contributed by atoms with Gasteiger partial charge in [-0.25, -0.2) is 4.98 Å². The van der Waals surface area contributed by atoms with E-state index in [1.807, 2.05) is 0 Å². The van der Waals surface area contributed by atoms with Crippen LogP contribution in [-0.2, 0) is 16.6 Å². The molecule has 3 heterocycles.